The zero-order valence-corrected chi connectivity index (χ0v) is 12.2. The molecule has 0 radical (unpaired) electrons. The van der Waals surface area contributed by atoms with Gasteiger partial charge in [-0.3, -0.25) is 4.79 Å². The van der Waals surface area contributed by atoms with Crippen LogP contribution in [-0.4, -0.2) is 21.9 Å². The van der Waals surface area contributed by atoms with Crippen LogP contribution < -0.4 is 16.8 Å². The molecule has 0 aromatic carbocycles. The Bertz CT molecular complexity index is 465. The number of nitrogen functional groups attached to an aromatic ring is 1. The van der Waals surface area contributed by atoms with Gasteiger partial charge in [-0.05, 0) is 5.92 Å². The maximum Gasteiger partial charge on any atom is 0.240 e. The van der Waals surface area contributed by atoms with Crippen molar-refractivity contribution in [2.75, 3.05) is 11.1 Å². The van der Waals surface area contributed by atoms with E-state index in [-0.39, 0.29) is 11.3 Å². The molecule has 1 rings (SSSR count). The SMILES string of the molecule is CC(C)C(Nc1cc(N)nc(C(C)(C)C)n1)C(N)=O. The molecule has 0 fully saturated rings. The monoisotopic (exact) mass is 265 g/mol. The first-order valence-corrected chi connectivity index (χ1v) is 6.32. The lowest BCUT2D eigenvalue weighted by molar-refractivity contribution is -0.119. The third-order valence-electron chi connectivity index (χ3n) is 2.69. The smallest absolute Gasteiger partial charge is 0.240 e. The van der Waals surface area contributed by atoms with E-state index in [9.17, 15) is 4.79 Å². The van der Waals surface area contributed by atoms with Crippen molar-refractivity contribution < 1.29 is 4.79 Å². The predicted octanol–water partition coefficient (Wildman–Crippen LogP) is 1.28. The van der Waals surface area contributed by atoms with Gasteiger partial charge < -0.3 is 16.8 Å². The van der Waals surface area contributed by atoms with Gasteiger partial charge in [-0.15, -0.1) is 0 Å². The fourth-order valence-electron chi connectivity index (χ4n) is 1.60. The van der Waals surface area contributed by atoms with Gasteiger partial charge in [0.25, 0.3) is 0 Å². The van der Waals surface area contributed by atoms with Crippen LogP contribution in [0.3, 0.4) is 0 Å². The molecule has 0 spiro atoms. The van der Waals surface area contributed by atoms with Crippen LogP contribution in [0.1, 0.15) is 40.4 Å². The molecule has 1 aromatic heterocycles. The summed E-state index contributed by atoms with van der Waals surface area (Å²) in [6.07, 6.45) is 0. The second kappa shape index (κ2) is 5.42. The van der Waals surface area contributed by atoms with E-state index in [1.165, 1.54) is 0 Å². The Hall–Kier alpha value is -1.85. The van der Waals surface area contributed by atoms with E-state index in [2.05, 4.69) is 15.3 Å². The van der Waals surface area contributed by atoms with Gasteiger partial charge in [0.05, 0.1) is 0 Å². The molecule has 6 nitrogen and oxygen atoms in total. The van der Waals surface area contributed by atoms with Crippen LogP contribution in [0.15, 0.2) is 6.07 Å². The van der Waals surface area contributed by atoms with Crippen LogP contribution in [0.4, 0.5) is 11.6 Å². The summed E-state index contributed by atoms with van der Waals surface area (Å²) < 4.78 is 0. The number of nitrogens with one attached hydrogen (secondary N) is 1. The maximum absolute atomic E-state index is 11.4. The summed E-state index contributed by atoms with van der Waals surface area (Å²) in [7, 11) is 0. The number of anilines is 2. The Morgan fingerprint density at radius 3 is 2.32 bits per heavy atom. The first-order valence-electron chi connectivity index (χ1n) is 6.32. The summed E-state index contributed by atoms with van der Waals surface area (Å²) in [4.78, 5) is 20.0. The molecule has 1 amide bonds. The van der Waals surface area contributed by atoms with Gasteiger partial charge in [0.15, 0.2) is 0 Å². The average molecular weight is 265 g/mol. The van der Waals surface area contributed by atoms with Crippen LogP contribution in [0.25, 0.3) is 0 Å². The summed E-state index contributed by atoms with van der Waals surface area (Å²) in [5, 5.41) is 3.03. The molecule has 19 heavy (non-hydrogen) atoms. The van der Waals surface area contributed by atoms with Crippen LogP contribution in [0.5, 0.6) is 0 Å². The highest BCUT2D eigenvalue weighted by atomic mass is 16.1. The molecule has 1 atom stereocenters. The zero-order valence-electron chi connectivity index (χ0n) is 12.2. The molecule has 0 aliphatic rings. The number of amides is 1. The van der Waals surface area contributed by atoms with Gasteiger partial charge in [-0.1, -0.05) is 34.6 Å². The molecule has 0 saturated heterocycles. The fourth-order valence-corrected chi connectivity index (χ4v) is 1.60. The number of carbonyl (C=O) groups excluding carboxylic acids is 1. The van der Waals surface area contributed by atoms with Gasteiger partial charge in [-0.25, -0.2) is 9.97 Å². The maximum atomic E-state index is 11.4. The summed E-state index contributed by atoms with van der Waals surface area (Å²) >= 11 is 0. The van der Waals surface area contributed by atoms with Crippen molar-refractivity contribution in [1.29, 1.82) is 0 Å². The third-order valence-corrected chi connectivity index (χ3v) is 2.69. The van der Waals surface area contributed by atoms with E-state index in [0.717, 1.165) is 0 Å². The summed E-state index contributed by atoms with van der Waals surface area (Å²) in [6, 6.07) is 1.12. The fraction of sp³-hybridized carbons (Fsp3) is 0.615. The topological polar surface area (TPSA) is 107 Å². The number of primary amides is 1. The van der Waals surface area contributed by atoms with Gasteiger partial charge in [0.2, 0.25) is 5.91 Å². The molecule has 6 heteroatoms. The molecule has 1 unspecified atom stereocenters. The first kappa shape index (κ1) is 15.2. The molecule has 1 aromatic rings. The van der Waals surface area contributed by atoms with Crippen molar-refractivity contribution >= 4 is 17.5 Å². The largest absolute Gasteiger partial charge is 0.384 e. The Labute approximate surface area is 114 Å². The van der Waals surface area contributed by atoms with Crippen molar-refractivity contribution in [2.45, 2.75) is 46.1 Å². The summed E-state index contributed by atoms with van der Waals surface area (Å²) in [6.45, 7) is 9.83. The Balaban J connectivity index is 3.08. The van der Waals surface area contributed by atoms with Gasteiger partial charge in [-0.2, -0.15) is 0 Å². The Morgan fingerprint density at radius 1 is 1.32 bits per heavy atom. The lowest BCUT2D eigenvalue weighted by atomic mass is 9.95. The highest BCUT2D eigenvalue weighted by molar-refractivity contribution is 5.83. The van der Waals surface area contributed by atoms with Crippen molar-refractivity contribution in [3.63, 3.8) is 0 Å². The highest BCUT2D eigenvalue weighted by Crippen LogP contribution is 2.22. The van der Waals surface area contributed by atoms with E-state index in [4.69, 9.17) is 11.5 Å². The van der Waals surface area contributed by atoms with E-state index in [1.54, 1.807) is 6.07 Å². The van der Waals surface area contributed by atoms with E-state index in [1.807, 2.05) is 34.6 Å². The summed E-state index contributed by atoms with van der Waals surface area (Å²) in [5.74, 6) is 1.17. The molecule has 0 bridgehead atoms. The number of rotatable bonds is 4. The molecule has 0 aliphatic heterocycles. The van der Waals surface area contributed by atoms with Crippen LogP contribution in [0.2, 0.25) is 0 Å². The number of hydrogen-bond donors (Lipinski definition) is 3. The van der Waals surface area contributed by atoms with E-state index < -0.39 is 11.9 Å². The molecular weight excluding hydrogens is 242 g/mol. The molecule has 0 aliphatic carbocycles. The minimum atomic E-state index is -0.484. The average Bonchev–Trinajstić information content (AvgIpc) is 2.23. The molecule has 106 valence electrons. The lowest BCUT2D eigenvalue weighted by Crippen LogP contribution is -2.40. The Kier molecular flexibility index (Phi) is 4.34. The van der Waals surface area contributed by atoms with Crippen molar-refractivity contribution in [3.8, 4) is 0 Å². The summed E-state index contributed by atoms with van der Waals surface area (Å²) in [5.41, 5.74) is 10.9. The number of hydrogen-bond acceptors (Lipinski definition) is 5. The second-order valence-corrected chi connectivity index (χ2v) is 6.02. The van der Waals surface area contributed by atoms with Gasteiger partial charge >= 0.3 is 0 Å². The zero-order chi connectivity index (χ0) is 14.8. The minimum absolute atomic E-state index is 0.0618. The van der Waals surface area contributed by atoms with Crippen molar-refractivity contribution in [3.05, 3.63) is 11.9 Å². The molecule has 1 heterocycles. The molecular formula is C13H23N5O. The van der Waals surface area contributed by atoms with Gasteiger partial charge in [0.1, 0.15) is 23.5 Å². The second-order valence-electron chi connectivity index (χ2n) is 6.02. The number of carbonyl (C=O) groups is 1. The van der Waals surface area contributed by atoms with E-state index >= 15 is 0 Å². The standard InChI is InChI=1S/C13H23N5O/c1-7(2)10(11(15)19)17-9-6-8(14)16-12(18-9)13(3,4)5/h6-7,10H,1-5H3,(H2,15,19)(H3,14,16,17,18). The van der Waals surface area contributed by atoms with Gasteiger partial charge in [0, 0.05) is 11.5 Å². The minimum Gasteiger partial charge on any atom is -0.384 e. The molecule has 5 N–H and O–H groups in total. The third kappa shape index (κ3) is 4.08. The van der Waals surface area contributed by atoms with Crippen LogP contribution in [0, 0.1) is 5.92 Å². The Morgan fingerprint density at radius 2 is 1.89 bits per heavy atom. The van der Waals surface area contributed by atoms with Crippen LogP contribution >= 0.6 is 0 Å². The molecule has 0 saturated carbocycles. The van der Waals surface area contributed by atoms with Crippen molar-refractivity contribution in [1.82, 2.24) is 9.97 Å². The highest BCUT2D eigenvalue weighted by Gasteiger charge is 2.22. The first-order chi connectivity index (χ1) is 8.61. The predicted molar refractivity (Wildman–Crippen MR) is 76.6 cm³/mol. The quantitative estimate of drug-likeness (QED) is 0.760. The lowest BCUT2D eigenvalue weighted by Gasteiger charge is -2.22. The normalized spacial score (nSPS) is 13.4. The number of nitrogens with two attached hydrogens (primary N) is 2. The van der Waals surface area contributed by atoms with E-state index in [0.29, 0.717) is 17.5 Å². The number of nitrogens with zero attached hydrogens (tertiary/aromatic N) is 2. The van der Waals surface area contributed by atoms with Crippen molar-refractivity contribution in [2.24, 2.45) is 11.7 Å². The number of aromatic nitrogens is 2. The van der Waals surface area contributed by atoms with Crippen LogP contribution in [-0.2, 0) is 10.2 Å².